The number of aliphatic hydroxyl groups excluding tert-OH is 1. The van der Waals surface area contributed by atoms with E-state index in [0.29, 0.717) is 5.92 Å². The number of carbonyl (C=O) groups excluding carboxylic acids is 1. The number of hydrogen-bond acceptors (Lipinski definition) is 4. The van der Waals surface area contributed by atoms with E-state index in [9.17, 15) is 9.90 Å². The van der Waals surface area contributed by atoms with E-state index in [0.717, 1.165) is 25.0 Å². The predicted octanol–water partition coefficient (Wildman–Crippen LogP) is 2.47. The van der Waals surface area contributed by atoms with E-state index in [4.69, 9.17) is 4.52 Å². The van der Waals surface area contributed by atoms with Gasteiger partial charge < -0.3 is 14.9 Å². The van der Waals surface area contributed by atoms with Gasteiger partial charge in [-0.25, -0.2) is 0 Å². The second-order valence-corrected chi connectivity index (χ2v) is 5.75. The zero-order valence-electron chi connectivity index (χ0n) is 12.3. The van der Waals surface area contributed by atoms with Crippen molar-refractivity contribution in [1.82, 2.24) is 10.5 Å². The molecule has 1 heterocycles. The van der Waals surface area contributed by atoms with Crippen LogP contribution in [0.3, 0.4) is 0 Å². The summed E-state index contributed by atoms with van der Waals surface area (Å²) >= 11 is 0. The van der Waals surface area contributed by atoms with Gasteiger partial charge in [0.25, 0.3) is 5.91 Å². The molecule has 0 radical (unpaired) electrons. The van der Waals surface area contributed by atoms with Crippen LogP contribution in [0, 0.1) is 5.92 Å². The van der Waals surface area contributed by atoms with Crippen molar-refractivity contribution in [3.05, 3.63) is 17.5 Å². The highest BCUT2D eigenvalue weighted by molar-refractivity contribution is 5.91. The van der Waals surface area contributed by atoms with Gasteiger partial charge in [0.15, 0.2) is 0 Å². The van der Waals surface area contributed by atoms with E-state index >= 15 is 0 Å². The average Bonchev–Trinajstić information content (AvgIpc) is 3.13. The van der Waals surface area contributed by atoms with Crippen molar-refractivity contribution in [2.75, 3.05) is 6.54 Å². The molecule has 0 spiro atoms. The third kappa shape index (κ3) is 3.60. The molecule has 2 atom stereocenters. The fraction of sp³-hybridized carbons (Fsp3) is 0.733. The van der Waals surface area contributed by atoms with E-state index in [2.05, 4.69) is 17.4 Å². The molecule has 1 aliphatic carbocycles. The SMILES string of the molecule is CCC(C)c1cc(C(=O)NCC(O)C2CCCC2)on1. The maximum atomic E-state index is 11.9. The van der Waals surface area contributed by atoms with Crippen LogP contribution in [0.2, 0.25) is 0 Å². The van der Waals surface area contributed by atoms with Gasteiger partial charge in [0, 0.05) is 18.5 Å². The van der Waals surface area contributed by atoms with Crippen LogP contribution in [-0.4, -0.2) is 28.8 Å². The second kappa shape index (κ2) is 6.88. The Morgan fingerprint density at radius 1 is 1.55 bits per heavy atom. The highest BCUT2D eigenvalue weighted by atomic mass is 16.5. The Balaban J connectivity index is 1.83. The second-order valence-electron chi connectivity index (χ2n) is 5.75. The minimum absolute atomic E-state index is 0.221. The third-order valence-corrected chi connectivity index (χ3v) is 4.29. The number of nitrogens with one attached hydrogen (secondary N) is 1. The van der Waals surface area contributed by atoms with Crippen LogP contribution in [-0.2, 0) is 0 Å². The van der Waals surface area contributed by atoms with Gasteiger partial charge in [-0.15, -0.1) is 0 Å². The predicted molar refractivity (Wildman–Crippen MR) is 75.5 cm³/mol. The van der Waals surface area contributed by atoms with Gasteiger partial charge in [0.2, 0.25) is 5.76 Å². The largest absolute Gasteiger partial charge is 0.391 e. The topological polar surface area (TPSA) is 75.4 Å². The first-order chi connectivity index (χ1) is 9.61. The molecule has 1 fully saturated rings. The summed E-state index contributed by atoms with van der Waals surface area (Å²) < 4.78 is 5.06. The molecule has 5 nitrogen and oxygen atoms in total. The molecule has 2 rings (SSSR count). The van der Waals surface area contributed by atoms with Gasteiger partial charge >= 0.3 is 0 Å². The number of rotatable bonds is 6. The molecule has 1 aliphatic rings. The number of nitrogens with zero attached hydrogens (tertiary/aromatic N) is 1. The van der Waals surface area contributed by atoms with Crippen LogP contribution in [0.1, 0.15) is 68.1 Å². The van der Waals surface area contributed by atoms with Crippen LogP contribution in [0.25, 0.3) is 0 Å². The van der Waals surface area contributed by atoms with Gasteiger partial charge in [0.1, 0.15) is 0 Å². The Bertz CT molecular complexity index is 438. The number of carbonyl (C=O) groups is 1. The Kier molecular flexibility index (Phi) is 5.17. The molecule has 0 aliphatic heterocycles. The van der Waals surface area contributed by atoms with E-state index < -0.39 is 6.10 Å². The quantitative estimate of drug-likeness (QED) is 0.839. The molecule has 112 valence electrons. The summed E-state index contributed by atoms with van der Waals surface area (Å²) in [5.41, 5.74) is 0.800. The van der Waals surface area contributed by atoms with Crippen molar-refractivity contribution in [2.45, 2.75) is 58.0 Å². The number of hydrogen-bond donors (Lipinski definition) is 2. The van der Waals surface area contributed by atoms with E-state index in [-0.39, 0.29) is 24.1 Å². The minimum atomic E-state index is -0.460. The summed E-state index contributed by atoms with van der Waals surface area (Å²) in [6.45, 7) is 4.39. The molecule has 0 saturated heterocycles. The van der Waals surface area contributed by atoms with Crippen LogP contribution in [0.4, 0.5) is 0 Å². The first-order valence-corrected chi connectivity index (χ1v) is 7.54. The molecule has 2 unspecified atom stereocenters. The van der Waals surface area contributed by atoms with Crippen LogP contribution in [0.5, 0.6) is 0 Å². The average molecular weight is 280 g/mol. The van der Waals surface area contributed by atoms with Crippen LogP contribution < -0.4 is 5.32 Å². The first kappa shape index (κ1) is 15.0. The lowest BCUT2D eigenvalue weighted by Gasteiger charge is -2.17. The molecule has 1 amide bonds. The van der Waals surface area contributed by atoms with Crippen molar-refractivity contribution in [3.63, 3.8) is 0 Å². The summed E-state index contributed by atoms with van der Waals surface area (Å²) in [7, 11) is 0. The van der Waals surface area contributed by atoms with Gasteiger partial charge in [0.05, 0.1) is 11.8 Å². The first-order valence-electron chi connectivity index (χ1n) is 7.54. The summed E-state index contributed by atoms with van der Waals surface area (Å²) in [4.78, 5) is 11.9. The molecular formula is C15H24N2O3. The highest BCUT2D eigenvalue weighted by Gasteiger charge is 2.24. The third-order valence-electron chi connectivity index (χ3n) is 4.29. The minimum Gasteiger partial charge on any atom is -0.391 e. The number of aliphatic hydroxyl groups is 1. The number of amides is 1. The smallest absolute Gasteiger partial charge is 0.289 e. The fourth-order valence-corrected chi connectivity index (χ4v) is 2.63. The lowest BCUT2D eigenvalue weighted by atomic mass is 10.0. The summed E-state index contributed by atoms with van der Waals surface area (Å²) in [5, 5.41) is 16.7. The molecule has 0 bridgehead atoms. The van der Waals surface area contributed by atoms with Crippen molar-refractivity contribution < 1.29 is 14.4 Å². The summed E-state index contributed by atoms with van der Waals surface area (Å²) in [5.74, 6) is 0.521. The molecule has 0 aromatic carbocycles. The van der Waals surface area contributed by atoms with Gasteiger partial charge in [-0.2, -0.15) is 0 Å². The van der Waals surface area contributed by atoms with Crippen molar-refractivity contribution in [3.8, 4) is 0 Å². The Morgan fingerprint density at radius 2 is 2.25 bits per heavy atom. The van der Waals surface area contributed by atoms with Gasteiger partial charge in [-0.05, 0) is 25.2 Å². The maximum Gasteiger partial charge on any atom is 0.289 e. The summed E-state index contributed by atoms with van der Waals surface area (Å²) in [6, 6.07) is 1.69. The lowest BCUT2D eigenvalue weighted by molar-refractivity contribution is 0.0811. The molecular weight excluding hydrogens is 256 g/mol. The molecule has 5 heteroatoms. The summed E-state index contributed by atoms with van der Waals surface area (Å²) in [6.07, 6.45) is 4.95. The van der Waals surface area contributed by atoms with Crippen LogP contribution >= 0.6 is 0 Å². The molecule has 1 aromatic rings. The molecule has 1 saturated carbocycles. The highest BCUT2D eigenvalue weighted by Crippen LogP contribution is 2.27. The molecule has 20 heavy (non-hydrogen) atoms. The van der Waals surface area contributed by atoms with Gasteiger partial charge in [-0.3, -0.25) is 4.79 Å². The van der Waals surface area contributed by atoms with Gasteiger partial charge in [-0.1, -0.05) is 31.8 Å². The van der Waals surface area contributed by atoms with E-state index in [1.807, 2.05) is 6.92 Å². The van der Waals surface area contributed by atoms with E-state index in [1.54, 1.807) is 6.07 Å². The van der Waals surface area contributed by atoms with E-state index in [1.165, 1.54) is 12.8 Å². The van der Waals surface area contributed by atoms with Crippen molar-refractivity contribution in [2.24, 2.45) is 5.92 Å². The monoisotopic (exact) mass is 280 g/mol. The van der Waals surface area contributed by atoms with Crippen molar-refractivity contribution in [1.29, 1.82) is 0 Å². The Labute approximate surface area is 119 Å². The maximum absolute atomic E-state index is 11.9. The Morgan fingerprint density at radius 3 is 2.90 bits per heavy atom. The normalized spacial score (nSPS) is 18.9. The fourth-order valence-electron chi connectivity index (χ4n) is 2.63. The van der Waals surface area contributed by atoms with Crippen molar-refractivity contribution >= 4 is 5.91 Å². The number of aromatic nitrogens is 1. The molecule has 1 aromatic heterocycles. The standard InChI is InChI=1S/C15H24N2O3/c1-3-10(2)12-8-14(20-17-12)15(19)16-9-13(18)11-6-4-5-7-11/h8,10-11,13,18H,3-7,9H2,1-2H3,(H,16,19). The zero-order chi connectivity index (χ0) is 14.5. The lowest BCUT2D eigenvalue weighted by Crippen LogP contribution is -2.35. The molecule has 2 N–H and O–H groups in total. The Hall–Kier alpha value is -1.36. The van der Waals surface area contributed by atoms with Crippen LogP contribution in [0.15, 0.2) is 10.6 Å². The zero-order valence-corrected chi connectivity index (χ0v) is 12.3.